The van der Waals surface area contributed by atoms with Crippen LogP contribution in [0, 0.1) is 5.82 Å². The first kappa shape index (κ1) is 16.8. The first-order chi connectivity index (χ1) is 12.7. The Balaban J connectivity index is 1.42. The third-order valence-corrected chi connectivity index (χ3v) is 5.06. The Labute approximate surface area is 152 Å². The van der Waals surface area contributed by atoms with Crippen molar-refractivity contribution >= 4 is 17.4 Å². The number of benzene rings is 1. The van der Waals surface area contributed by atoms with E-state index in [0.717, 1.165) is 31.7 Å². The van der Waals surface area contributed by atoms with Crippen LogP contribution in [0.5, 0.6) is 0 Å². The van der Waals surface area contributed by atoms with Crippen LogP contribution < -0.4 is 9.80 Å². The molecule has 2 aliphatic heterocycles. The molecule has 3 heterocycles. The second-order valence-electron chi connectivity index (χ2n) is 6.69. The average Bonchev–Trinajstić information content (AvgIpc) is 3.23. The van der Waals surface area contributed by atoms with Gasteiger partial charge in [-0.3, -0.25) is 4.79 Å². The van der Waals surface area contributed by atoms with Gasteiger partial charge in [-0.2, -0.15) is 0 Å². The van der Waals surface area contributed by atoms with E-state index in [1.54, 1.807) is 23.1 Å². The van der Waals surface area contributed by atoms with E-state index in [-0.39, 0.29) is 11.7 Å². The minimum Gasteiger partial charge on any atom is -0.366 e. The molecule has 0 atom stereocenters. The molecule has 0 spiro atoms. The smallest absolute Gasteiger partial charge is 0.272 e. The van der Waals surface area contributed by atoms with Crippen LogP contribution in [0.25, 0.3) is 0 Å². The van der Waals surface area contributed by atoms with Gasteiger partial charge in [0.2, 0.25) is 0 Å². The fourth-order valence-electron chi connectivity index (χ4n) is 3.60. The van der Waals surface area contributed by atoms with E-state index in [1.807, 2.05) is 11.0 Å². The molecule has 0 N–H and O–H groups in total. The molecule has 1 aromatic carbocycles. The summed E-state index contributed by atoms with van der Waals surface area (Å²) >= 11 is 0. The highest BCUT2D eigenvalue weighted by Crippen LogP contribution is 2.21. The SMILES string of the molecule is O=C(c1cc(N2CCCC2)ncn1)N1CCN(c2ccccc2F)CC1. The zero-order chi connectivity index (χ0) is 17.9. The van der Waals surface area contributed by atoms with Gasteiger partial charge in [0.25, 0.3) is 5.91 Å². The largest absolute Gasteiger partial charge is 0.366 e. The van der Waals surface area contributed by atoms with Crippen molar-refractivity contribution in [2.45, 2.75) is 12.8 Å². The Bertz CT molecular complexity index is 785. The Morgan fingerprint density at radius 3 is 2.38 bits per heavy atom. The van der Waals surface area contributed by atoms with E-state index in [9.17, 15) is 9.18 Å². The minimum absolute atomic E-state index is 0.0824. The van der Waals surface area contributed by atoms with Crippen LogP contribution in [0.2, 0.25) is 0 Å². The molecule has 0 bridgehead atoms. The molecule has 1 aromatic heterocycles. The number of hydrogen-bond donors (Lipinski definition) is 0. The molecule has 2 aliphatic rings. The fourth-order valence-corrected chi connectivity index (χ4v) is 3.60. The molecular formula is C19H22FN5O. The van der Waals surface area contributed by atoms with Crippen molar-refractivity contribution < 1.29 is 9.18 Å². The van der Waals surface area contributed by atoms with Gasteiger partial charge in [-0.15, -0.1) is 0 Å². The number of anilines is 2. The maximum Gasteiger partial charge on any atom is 0.272 e. The summed E-state index contributed by atoms with van der Waals surface area (Å²) in [5.41, 5.74) is 1.03. The van der Waals surface area contributed by atoms with Crippen LogP contribution in [-0.4, -0.2) is 60.0 Å². The Morgan fingerprint density at radius 1 is 0.923 bits per heavy atom. The first-order valence-electron chi connectivity index (χ1n) is 9.08. The van der Waals surface area contributed by atoms with E-state index in [4.69, 9.17) is 0 Å². The number of para-hydroxylation sites is 1. The molecule has 26 heavy (non-hydrogen) atoms. The maximum atomic E-state index is 13.9. The van der Waals surface area contributed by atoms with E-state index >= 15 is 0 Å². The predicted octanol–water partition coefficient (Wildman–Crippen LogP) is 2.18. The first-order valence-corrected chi connectivity index (χ1v) is 9.08. The lowest BCUT2D eigenvalue weighted by atomic mass is 10.2. The third-order valence-electron chi connectivity index (χ3n) is 5.06. The molecule has 4 rings (SSSR count). The molecule has 0 aliphatic carbocycles. The lowest BCUT2D eigenvalue weighted by molar-refractivity contribution is 0.0740. The highest BCUT2D eigenvalue weighted by atomic mass is 19.1. The van der Waals surface area contributed by atoms with Crippen LogP contribution >= 0.6 is 0 Å². The summed E-state index contributed by atoms with van der Waals surface area (Å²) in [7, 11) is 0. The number of carbonyl (C=O) groups is 1. The molecule has 136 valence electrons. The van der Waals surface area contributed by atoms with Gasteiger partial charge < -0.3 is 14.7 Å². The number of hydrogen-bond acceptors (Lipinski definition) is 5. The summed E-state index contributed by atoms with van der Waals surface area (Å²) < 4.78 is 13.9. The van der Waals surface area contributed by atoms with Gasteiger partial charge >= 0.3 is 0 Å². The second-order valence-corrected chi connectivity index (χ2v) is 6.69. The average molecular weight is 355 g/mol. The van der Waals surface area contributed by atoms with Crippen LogP contribution in [0.4, 0.5) is 15.9 Å². The number of rotatable bonds is 3. The number of nitrogens with zero attached hydrogens (tertiary/aromatic N) is 5. The third kappa shape index (κ3) is 3.34. The highest BCUT2D eigenvalue weighted by molar-refractivity contribution is 5.93. The van der Waals surface area contributed by atoms with Crippen molar-refractivity contribution in [3.63, 3.8) is 0 Å². The summed E-state index contributed by atoms with van der Waals surface area (Å²) in [6.07, 6.45) is 3.78. The molecule has 0 unspecified atom stereocenters. The van der Waals surface area contributed by atoms with Crippen molar-refractivity contribution in [1.29, 1.82) is 0 Å². The number of aromatic nitrogens is 2. The summed E-state index contributed by atoms with van der Waals surface area (Å²) in [6.45, 7) is 4.28. The summed E-state index contributed by atoms with van der Waals surface area (Å²) in [4.78, 5) is 27.2. The van der Waals surface area contributed by atoms with E-state index in [0.29, 0.717) is 37.6 Å². The number of halogens is 1. The predicted molar refractivity (Wildman–Crippen MR) is 98.0 cm³/mol. The Morgan fingerprint density at radius 2 is 1.65 bits per heavy atom. The van der Waals surface area contributed by atoms with Gasteiger partial charge in [0.1, 0.15) is 23.7 Å². The Hall–Kier alpha value is -2.70. The summed E-state index contributed by atoms with van der Waals surface area (Å²) in [5.74, 6) is 0.519. The van der Waals surface area contributed by atoms with Crippen molar-refractivity contribution in [2.24, 2.45) is 0 Å². The lowest BCUT2D eigenvalue weighted by Gasteiger charge is -2.36. The monoisotopic (exact) mass is 355 g/mol. The van der Waals surface area contributed by atoms with Crippen molar-refractivity contribution in [3.8, 4) is 0 Å². The quantitative estimate of drug-likeness (QED) is 0.845. The normalized spacial score (nSPS) is 17.7. The minimum atomic E-state index is -0.224. The summed E-state index contributed by atoms with van der Waals surface area (Å²) in [5, 5.41) is 0. The topological polar surface area (TPSA) is 52.6 Å². The van der Waals surface area contributed by atoms with Crippen LogP contribution in [0.15, 0.2) is 36.7 Å². The van der Waals surface area contributed by atoms with Gasteiger partial charge in [-0.1, -0.05) is 12.1 Å². The molecule has 1 amide bonds. The molecule has 2 saturated heterocycles. The van der Waals surface area contributed by atoms with Crippen molar-refractivity contribution in [3.05, 3.63) is 48.2 Å². The molecule has 7 heteroatoms. The van der Waals surface area contributed by atoms with E-state index in [2.05, 4.69) is 14.9 Å². The number of amides is 1. The molecule has 2 aromatic rings. The van der Waals surface area contributed by atoms with Gasteiger partial charge in [0.15, 0.2) is 0 Å². The molecule has 0 radical (unpaired) electrons. The van der Waals surface area contributed by atoms with Crippen molar-refractivity contribution in [2.75, 3.05) is 49.1 Å². The van der Waals surface area contributed by atoms with E-state index < -0.39 is 0 Å². The zero-order valence-corrected chi connectivity index (χ0v) is 14.6. The van der Waals surface area contributed by atoms with Crippen molar-refractivity contribution in [1.82, 2.24) is 14.9 Å². The molecular weight excluding hydrogens is 333 g/mol. The number of piperazine rings is 1. The second kappa shape index (κ2) is 7.27. The summed E-state index contributed by atoms with van der Waals surface area (Å²) in [6, 6.07) is 8.55. The van der Waals surface area contributed by atoms with Gasteiger partial charge in [-0.05, 0) is 25.0 Å². The highest BCUT2D eigenvalue weighted by Gasteiger charge is 2.25. The molecule has 2 fully saturated rings. The lowest BCUT2D eigenvalue weighted by Crippen LogP contribution is -2.49. The fraction of sp³-hybridized carbons (Fsp3) is 0.421. The number of carbonyl (C=O) groups excluding carboxylic acids is 1. The molecule has 0 saturated carbocycles. The molecule has 6 nitrogen and oxygen atoms in total. The van der Waals surface area contributed by atoms with Crippen LogP contribution in [0.1, 0.15) is 23.3 Å². The maximum absolute atomic E-state index is 13.9. The van der Waals surface area contributed by atoms with Crippen LogP contribution in [0.3, 0.4) is 0 Å². The van der Waals surface area contributed by atoms with E-state index in [1.165, 1.54) is 12.4 Å². The zero-order valence-electron chi connectivity index (χ0n) is 14.6. The van der Waals surface area contributed by atoms with Gasteiger partial charge in [-0.25, -0.2) is 14.4 Å². The van der Waals surface area contributed by atoms with Gasteiger partial charge in [0.05, 0.1) is 5.69 Å². The van der Waals surface area contributed by atoms with Gasteiger partial charge in [0, 0.05) is 45.3 Å². The Kier molecular flexibility index (Phi) is 4.69. The standard InChI is InChI=1S/C19H22FN5O/c20-15-5-1-2-6-17(15)23-9-11-25(12-10-23)19(26)16-13-18(22-14-21-16)24-7-3-4-8-24/h1-2,5-6,13-14H,3-4,7-12H2. The van der Waals surface area contributed by atoms with Crippen LogP contribution in [-0.2, 0) is 0 Å².